The van der Waals surface area contributed by atoms with E-state index in [2.05, 4.69) is 38.1 Å². The molecule has 0 spiro atoms. The van der Waals surface area contributed by atoms with E-state index in [4.69, 9.17) is 18.9 Å². The first kappa shape index (κ1) is 20.8. The third-order valence-corrected chi connectivity index (χ3v) is 5.50. The van der Waals surface area contributed by atoms with Crippen molar-refractivity contribution < 1.29 is 18.9 Å². The van der Waals surface area contributed by atoms with E-state index in [9.17, 15) is 0 Å². The lowest BCUT2D eigenvalue weighted by Gasteiger charge is -2.40. The van der Waals surface area contributed by atoms with Gasteiger partial charge in [-0.1, -0.05) is 56.3 Å². The van der Waals surface area contributed by atoms with Crippen molar-refractivity contribution in [1.82, 2.24) is 0 Å². The molecule has 2 aromatic carbocycles. The first-order chi connectivity index (χ1) is 13.7. The summed E-state index contributed by atoms with van der Waals surface area (Å²) in [7, 11) is 1.68. The van der Waals surface area contributed by atoms with Crippen molar-refractivity contribution >= 4 is 0 Å². The molecule has 1 aliphatic rings. The smallest absolute Gasteiger partial charge is 0.118 e. The highest BCUT2D eigenvalue weighted by Crippen LogP contribution is 2.30. The topological polar surface area (TPSA) is 36.9 Å². The van der Waals surface area contributed by atoms with Crippen molar-refractivity contribution in [2.45, 2.75) is 45.7 Å². The molecule has 152 valence electrons. The summed E-state index contributed by atoms with van der Waals surface area (Å²) in [5, 5.41) is 0. The standard InChI is InChI=1S/C24H32O4/c1-18-15-27-23(13-14-26-16-21-9-11-22(25-3)12-10-21)19(2)24(18)28-17-20-7-5-4-6-8-20/h4-12,18-19,23-24H,13-17H2,1-3H3/t18-,19-,23+,24+/m0/s1. The molecule has 28 heavy (non-hydrogen) atoms. The van der Waals surface area contributed by atoms with Crippen molar-refractivity contribution in [1.29, 1.82) is 0 Å². The van der Waals surface area contributed by atoms with Gasteiger partial charge in [-0.15, -0.1) is 0 Å². The zero-order valence-electron chi connectivity index (χ0n) is 17.2. The van der Waals surface area contributed by atoms with Crippen LogP contribution in [0.25, 0.3) is 0 Å². The molecule has 1 fully saturated rings. The fourth-order valence-electron chi connectivity index (χ4n) is 3.79. The largest absolute Gasteiger partial charge is 0.497 e. The minimum atomic E-state index is 0.174. The second-order valence-electron chi connectivity index (χ2n) is 7.66. The molecule has 0 saturated carbocycles. The Morgan fingerprint density at radius 1 is 0.929 bits per heavy atom. The number of hydrogen-bond acceptors (Lipinski definition) is 4. The van der Waals surface area contributed by atoms with Gasteiger partial charge in [-0.2, -0.15) is 0 Å². The van der Waals surface area contributed by atoms with E-state index in [0.29, 0.717) is 31.7 Å². The van der Waals surface area contributed by atoms with Crippen LogP contribution in [0, 0.1) is 11.8 Å². The Labute approximate surface area is 168 Å². The van der Waals surface area contributed by atoms with Gasteiger partial charge < -0.3 is 18.9 Å². The highest BCUT2D eigenvalue weighted by Gasteiger charge is 2.36. The van der Waals surface area contributed by atoms with Gasteiger partial charge in [-0.05, 0) is 29.7 Å². The molecule has 0 aliphatic carbocycles. The second-order valence-corrected chi connectivity index (χ2v) is 7.66. The first-order valence-corrected chi connectivity index (χ1v) is 10.1. The minimum absolute atomic E-state index is 0.174. The SMILES string of the molecule is COc1ccc(COCC[C@H]2OC[C@H](C)[C@@H](OCc3ccccc3)[C@H]2C)cc1. The van der Waals surface area contributed by atoms with Crippen molar-refractivity contribution in [2.24, 2.45) is 11.8 Å². The van der Waals surface area contributed by atoms with Gasteiger partial charge in [0.2, 0.25) is 0 Å². The van der Waals surface area contributed by atoms with Crippen molar-refractivity contribution in [2.75, 3.05) is 20.3 Å². The van der Waals surface area contributed by atoms with E-state index < -0.39 is 0 Å². The van der Waals surface area contributed by atoms with E-state index in [1.54, 1.807) is 7.11 Å². The number of benzene rings is 2. The van der Waals surface area contributed by atoms with Crippen LogP contribution in [0.3, 0.4) is 0 Å². The summed E-state index contributed by atoms with van der Waals surface area (Å²) in [6.07, 6.45) is 1.27. The first-order valence-electron chi connectivity index (χ1n) is 10.1. The molecule has 0 amide bonds. The Balaban J connectivity index is 1.43. The summed E-state index contributed by atoms with van der Waals surface area (Å²) in [6, 6.07) is 18.4. The van der Waals surface area contributed by atoms with Gasteiger partial charge in [0.25, 0.3) is 0 Å². The molecule has 0 aromatic heterocycles. The number of ether oxygens (including phenoxy) is 4. The van der Waals surface area contributed by atoms with Crippen LogP contribution >= 0.6 is 0 Å². The lowest BCUT2D eigenvalue weighted by Crippen LogP contribution is -2.45. The maximum Gasteiger partial charge on any atom is 0.118 e. The van der Waals surface area contributed by atoms with Gasteiger partial charge in [0.15, 0.2) is 0 Å². The van der Waals surface area contributed by atoms with E-state index in [1.807, 2.05) is 30.3 Å². The van der Waals surface area contributed by atoms with Crippen LogP contribution in [0.1, 0.15) is 31.4 Å². The zero-order chi connectivity index (χ0) is 19.8. The molecule has 2 aromatic rings. The quantitative estimate of drug-likeness (QED) is 0.579. The minimum Gasteiger partial charge on any atom is -0.497 e. The number of rotatable bonds is 9. The predicted molar refractivity (Wildman–Crippen MR) is 110 cm³/mol. The van der Waals surface area contributed by atoms with Crippen molar-refractivity contribution in [3.05, 3.63) is 65.7 Å². The average Bonchev–Trinajstić information content (AvgIpc) is 2.73. The van der Waals surface area contributed by atoms with Crippen LogP contribution in [-0.4, -0.2) is 32.5 Å². The van der Waals surface area contributed by atoms with Gasteiger partial charge in [-0.3, -0.25) is 0 Å². The van der Waals surface area contributed by atoms with E-state index in [-0.39, 0.29) is 12.2 Å². The maximum atomic E-state index is 6.29. The van der Waals surface area contributed by atoms with Gasteiger partial charge in [0.1, 0.15) is 5.75 Å². The highest BCUT2D eigenvalue weighted by molar-refractivity contribution is 5.26. The molecule has 3 rings (SSSR count). The van der Waals surface area contributed by atoms with Gasteiger partial charge in [0.05, 0.1) is 39.1 Å². The van der Waals surface area contributed by atoms with Gasteiger partial charge in [-0.25, -0.2) is 0 Å². The van der Waals surface area contributed by atoms with Crippen LogP contribution in [0.5, 0.6) is 5.75 Å². The Morgan fingerprint density at radius 3 is 2.36 bits per heavy atom. The summed E-state index contributed by atoms with van der Waals surface area (Å²) >= 11 is 0. The summed E-state index contributed by atoms with van der Waals surface area (Å²) < 4.78 is 23.4. The lowest BCUT2D eigenvalue weighted by atomic mass is 9.85. The Bertz CT molecular complexity index is 686. The van der Waals surface area contributed by atoms with Crippen LogP contribution in [0.2, 0.25) is 0 Å². The normalized spacial score (nSPS) is 24.8. The average molecular weight is 385 g/mol. The third-order valence-electron chi connectivity index (χ3n) is 5.50. The molecule has 4 atom stereocenters. The number of hydrogen-bond donors (Lipinski definition) is 0. The summed E-state index contributed by atoms with van der Waals surface area (Å²) in [5.74, 6) is 1.61. The van der Waals surface area contributed by atoms with E-state index in [0.717, 1.165) is 24.3 Å². The third kappa shape index (κ3) is 5.81. The van der Waals surface area contributed by atoms with Crippen LogP contribution in [0.4, 0.5) is 0 Å². The van der Waals surface area contributed by atoms with Crippen LogP contribution in [0.15, 0.2) is 54.6 Å². The molecule has 0 N–H and O–H groups in total. The lowest BCUT2D eigenvalue weighted by molar-refractivity contribution is -0.151. The maximum absolute atomic E-state index is 6.29. The molecule has 0 unspecified atom stereocenters. The molecule has 1 aliphatic heterocycles. The number of methoxy groups -OCH3 is 1. The second kappa shape index (κ2) is 10.6. The van der Waals surface area contributed by atoms with Gasteiger partial charge >= 0.3 is 0 Å². The zero-order valence-corrected chi connectivity index (χ0v) is 17.2. The van der Waals surface area contributed by atoms with Gasteiger partial charge in [0, 0.05) is 18.4 Å². The van der Waals surface area contributed by atoms with Crippen molar-refractivity contribution in [3.8, 4) is 5.75 Å². The summed E-state index contributed by atoms with van der Waals surface area (Å²) in [5.41, 5.74) is 2.36. The molecule has 0 bridgehead atoms. The van der Waals surface area contributed by atoms with E-state index in [1.165, 1.54) is 5.56 Å². The van der Waals surface area contributed by atoms with Crippen molar-refractivity contribution in [3.63, 3.8) is 0 Å². The Hall–Kier alpha value is -1.88. The molecular formula is C24H32O4. The molecular weight excluding hydrogens is 352 g/mol. The molecule has 4 nitrogen and oxygen atoms in total. The molecule has 1 saturated heterocycles. The Kier molecular flexibility index (Phi) is 7.90. The Morgan fingerprint density at radius 2 is 1.64 bits per heavy atom. The summed E-state index contributed by atoms with van der Waals surface area (Å²) in [6.45, 7) is 7.13. The highest BCUT2D eigenvalue weighted by atomic mass is 16.5. The van der Waals surface area contributed by atoms with Crippen LogP contribution < -0.4 is 4.74 Å². The fraction of sp³-hybridized carbons (Fsp3) is 0.500. The van der Waals surface area contributed by atoms with E-state index >= 15 is 0 Å². The predicted octanol–water partition coefficient (Wildman–Crippen LogP) is 4.86. The van der Waals surface area contributed by atoms with Crippen LogP contribution in [-0.2, 0) is 27.4 Å². The fourth-order valence-corrected chi connectivity index (χ4v) is 3.79. The summed E-state index contributed by atoms with van der Waals surface area (Å²) in [4.78, 5) is 0. The molecule has 1 heterocycles. The molecule has 0 radical (unpaired) electrons. The monoisotopic (exact) mass is 384 g/mol. The molecule has 4 heteroatoms.